The molecule has 0 atom stereocenters. The molecule has 4 rings (SSSR count). The first-order chi connectivity index (χ1) is 14.5. The Morgan fingerprint density at radius 2 is 1.97 bits per heavy atom. The molecule has 2 aromatic carbocycles. The fraction of sp³-hybridized carbons (Fsp3) is 0. The maximum Gasteiger partial charge on any atom is 0.345 e. The topological polar surface area (TPSA) is 122 Å². The Balaban J connectivity index is 1.61. The van der Waals surface area contributed by atoms with Crippen LogP contribution >= 0.6 is 11.3 Å². The van der Waals surface area contributed by atoms with Crippen LogP contribution in [0.1, 0.15) is 15.4 Å². The fourth-order valence-corrected chi connectivity index (χ4v) is 3.58. The van der Waals surface area contributed by atoms with Crippen LogP contribution in [-0.4, -0.2) is 10.9 Å². The summed E-state index contributed by atoms with van der Waals surface area (Å²) in [5.74, 6) is -0.511. The van der Waals surface area contributed by atoms with Gasteiger partial charge in [0.15, 0.2) is 0 Å². The van der Waals surface area contributed by atoms with Crippen molar-refractivity contribution in [1.29, 1.82) is 5.26 Å². The quantitative estimate of drug-likeness (QED) is 0.376. The van der Waals surface area contributed by atoms with Crippen molar-refractivity contribution >= 4 is 39.5 Å². The second kappa shape index (κ2) is 8.03. The molecule has 8 heteroatoms. The van der Waals surface area contributed by atoms with E-state index in [4.69, 9.17) is 10.2 Å². The third kappa shape index (κ3) is 3.83. The average molecular weight is 414 g/mol. The van der Waals surface area contributed by atoms with Crippen molar-refractivity contribution in [3.63, 3.8) is 0 Å². The van der Waals surface area contributed by atoms with Crippen molar-refractivity contribution in [2.75, 3.05) is 5.32 Å². The van der Waals surface area contributed by atoms with E-state index in [0.717, 1.165) is 5.39 Å². The average Bonchev–Trinajstić information content (AvgIpc) is 3.24. The SMILES string of the molecule is N#CC(=CNc1ccc(C(N)=O)cc1)c1nc(-c2cc3ccccc3oc2=O)cs1. The highest BCUT2D eigenvalue weighted by Gasteiger charge is 2.13. The first-order valence-electron chi connectivity index (χ1n) is 8.81. The second-order valence-corrected chi connectivity index (χ2v) is 7.14. The van der Waals surface area contributed by atoms with Crippen LogP contribution in [0.25, 0.3) is 27.8 Å². The Hall–Kier alpha value is -4.22. The third-order valence-corrected chi connectivity index (χ3v) is 5.20. The number of nitrogens with two attached hydrogens (primary N) is 1. The number of hydrogen-bond acceptors (Lipinski definition) is 7. The lowest BCUT2D eigenvalue weighted by atomic mass is 10.1. The van der Waals surface area contributed by atoms with E-state index in [1.54, 1.807) is 47.8 Å². The molecule has 2 heterocycles. The van der Waals surface area contributed by atoms with Gasteiger partial charge >= 0.3 is 5.63 Å². The summed E-state index contributed by atoms with van der Waals surface area (Å²) in [7, 11) is 0. The van der Waals surface area contributed by atoms with Crippen LogP contribution in [0.15, 0.2) is 75.4 Å². The zero-order valence-electron chi connectivity index (χ0n) is 15.5. The summed E-state index contributed by atoms with van der Waals surface area (Å²) in [6.45, 7) is 0. The van der Waals surface area contributed by atoms with E-state index < -0.39 is 11.5 Å². The molecule has 2 aromatic heterocycles. The van der Waals surface area contributed by atoms with Crippen LogP contribution in [0, 0.1) is 11.3 Å². The molecule has 0 aliphatic heterocycles. The summed E-state index contributed by atoms with van der Waals surface area (Å²) in [6.07, 6.45) is 1.52. The Labute approximate surface area is 174 Å². The van der Waals surface area contributed by atoms with Crippen molar-refractivity contribution in [3.8, 4) is 17.3 Å². The highest BCUT2D eigenvalue weighted by Crippen LogP contribution is 2.26. The number of benzene rings is 2. The Morgan fingerprint density at radius 3 is 2.70 bits per heavy atom. The van der Waals surface area contributed by atoms with Gasteiger partial charge in [-0.05, 0) is 36.4 Å². The zero-order valence-corrected chi connectivity index (χ0v) is 16.3. The zero-order chi connectivity index (χ0) is 21.1. The van der Waals surface area contributed by atoms with Crippen molar-refractivity contribution in [2.24, 2.45) is 5.73 Å². The fourth-order valence-electron chi connectivity index (χ4n) is 2.79. The third-order valence-electron chi connectivity index (χ3n) is 4.33. The van der Waals surface area contributed by atoms with E-state index in [2.05, 4.69) is 16.4 Å². The first kappa shape index (κ1) is 19.1. The van der Waals surface area contributed by atoms with Gasteiger partial charge in [0, 0.05) is 28.2 Å². The summed E-state index contributed by atoms with van der Waals surface area (Å²) in [4.78, 5) is 27.9. The molecule has 3 N–H and O–H groups in total. The van der Waals surface area contributed by atoms with Crippen molar-refractivity contribution < 1.29 is 9.21 Å². The maximum atomic E-state index is 12.3. The highest BCUT2D eigenvalue weighted by molar-refractivity contribution is 7.11. The number of thiazole rings is 1. The smallest absolute Gasteiger partial charge is 0.345 e. The van der Waals surface area contributed by atoms with Crippen LogP contribution < -0.4 is 16.7 Å². The van der Waals surface area contributed by atoms with E-state index in [1.807, 2.05) is 12.1 Å². The summed E-state index contributed by atoms with van der Waals surface area (Å²) in [6, 6.07) is 17.6. The minimum Gasteiger partial charge on any atom is -0.422 e. The standard InChI is InChI=1S/C22H14N4O3S/c23-10-15(11-25-16-7-5-13(6-8-16)20(24)27)21-26-18(12-30-21)17-9-14-3-1-2-4-19(14)29-22(17)28/h1-9,11-12,25H,(H2,24,27). The van der Waals surface area contributed by atoms with E-state index in [9.17, 15) is 14.9 Å². The molecule has 30 heavy (non-hydrogen) atoms. The first-order valence-corrected chi connectivity index (χ1v) is 9.69. The summed E-state index contributed by atoms with van der Waals surface area (Å²) >= 11 is 1.25. The Morgan fingerprint density at radius 1 is 1.20 bits per heavy atom. The molecule has 0 fully saturated rings. The molecule has 0 aliphatic carbocycles. The molecular formula is C22H14N4O3S. The number of allylic oxidation sites excluding steroid dienone is 1. The van der Waals surface area contributed by atoms with E-state index in [0.29, 0.717) is 38.7 Å². The molecule has 7 nitrogen and oxygen atoms in total. The van der Waals surface area contributed by atoms with Crippen molar-refractivity contribution in [2.45, 2.75) is 0 Å². The predicted molar refractivity (Wildman–Crippen MR) is 116 cm³/mol. The minimum atomic E-state index is -0.511. The molecule has 0 saturated carbocycles. The number of hydrogen-bond donors (Lipinski definition) is 2. The van der Waals surface area contributed by atoms with Gasteiger partial charge in [0.05, 0.1) is 11.3 Å². The van der Waals surface area contributed by atoms with Crippen molar-refractivity contribution in [3.05, 3.63) is 87.2 Å². The van der Waals surface area contributed by atoms with Gasteiger partial charge in [-0.2, -0.15) is 5.26 Å². The van der Waals surface area contributed by atoms with E-state index >= 15 is 0 Å². The number of rotatable bonds is 5. The van der Waals surface area contributed by atoms with Crippen LogP contribution in [-0.2, 0) is 0 Å². The number of para-hydroxylation sites is 1. The summed E-state index contributed by atoms with van der Waals surface area (Å²) in [5, 5.41) is 15.5. The van der Waals surface area contributed by atoms with Gasteiger partial charge < -0.3 is 15.5 Å². The van der Waals surface area contributed by atoms with Gasteiger partial charge in [-0.3, -0.25) is 4.79 Å². The van der Waals surface area contributed by atoms with Crippen molar-refractivity contribution in [1.82, 2.24) is 4.98 Å². The number of amides is 1. The molecule has 0 unspecified atom stereocenters. The number of carbonyl (C=O) groups is 1. The second-order valence-electron chi connectivity index (χ2n) is 6.28. The van der Waals surface area contributed by atoms with E-state index in [1.165, 1.54) is 17.5 Å². The van der Waals surface area contributed by atoms with Gasteiger partial charge in [0.1, 0.15) is 22.2 Å². The minimum absolute atomic E-state index is 0.301. The molecule has 1 amide bonds. The lowest BCUT2D eigenvalue weighted by Crippen LogP contribution is -2.10. The van der Waals surface area contributed by atoms with E-state index in [-0.39, 0.29) is 0 Å². The number of nitriles is 1. The lowest BCUT2D eigenvalue weighted by Gasteiger charge is -2.02. The van der Waals surface area contributed by atoms with Gasteiger partial charge in [0.2, 0.25) is 5.91 Å². The maximum absolute atomic E-state index is 12.3. The number of primary amides is 1. The monoisotopic (exact) mass is 414 g/mol. The summed E-state index contributed by atoms with van der Waals surface area (Å²) in [5.41, 5.74) is 7.40. The number of anilines is 1. The number of aromatic nitrogens is 1. The molecular weight excluding hydrogens is 400 g/mol. The number of fused-ring (bicyclic) bond motifs is 1. The van der Waals surface area contributed by atoms with Crippen LogP contribution in [0.3, 0.4) is 0 Å². The number of nitrogens with zero attached hydrogens (tertiary/aromatic N) is 2. The largest absolute Gasteiger partial charge is 0.422 e. The molecule has 0 bridgehead atoms. The lowest BCUT2D eigenvalue weighted by molar-refractivity contribution is 0.100. The Kier molecular flexibility index (Phi) is 5.11. The molecule has 0 spiro atoms. The highest BCUT2D eigenvalue weighted by atomic mass is 32.1. The van der Waals surface area contributed by atoms with Crippen LogP contribution in [0.2, 0.25) is 0 Å². The normalized spacial score (nSPS) is 11.2. The number of nitrogens with one attached hydrogen (secondary N) is 1. The predicted octanol–water partition coefficient (Wildman–Crippen LogP) is 3.99. The molecule has 0 saturated heterocycles. The molecule has 146 valence electrons. The number of carbonyl (C=O) groups excluding carboxylic acids is 1. The molecule has 0 radical (unpaired) electrons. The summed E-state index contributed by atoms with van der Waals surface area (Å²) < 4.78 is 5.36. The van der Waals surface area contributed by atoms with Crippen LogP contribution in [0.5, 0.6) is 0 Å². The molecule has 0 aliphatic rings. The van der Waals surface area contributed by atoms with Gasteiger partial charge in [0.25, 0.3) is 0 Å². The van der Waals surface area contributed by atoms with Gasteiger partial charge in [-0.15, -0.1) is 11.3 Å². The Bertz CT molecular complexity index is 1380. The van der Waals surface area contributed by atoms with Gasteiger partial charge in [-0.1, -0.05) is 18.2 Å². The van der Waals surface area contributed by atoms with Gasteiger partial charge in [-0.25, -0.2) is 9.78 Å². The van der Waals surface area contributed by atoms with Crippen LogP contribution in [0.4, 0.5) is 5.69 Å². The molecule has 4 aromatic rings.